The van der Waals surface area contributed by atoms with Crippen LogP contribution < -0.4 is 0 Å². The second-order valence-electron chi connectivity index (χ2n) is 7.69. The standard InChI is InChI=1S/C20H27N3OS2/c1-13-7-8-15-16(11-13)26-20-18(15)19(21-14(2)22-20)25-12-17(24)23-9-5-3-4-6-10-23/h13H,3-12H2,1-2H3. The maximum Gasteiger partial charge on any atom is 0.232 e. The van der Waals surface area contributed by atoms with E-state index in [4.69, 9.17) is 9.97 Å². The number of thioether (sulfide) groups is 1. The Morgan fingerprint density at radius 3 is 2.77 bits per heavy atom. The van der Waals surface area contributed by atoms with E-state index in [1.807, 2.05) is 18.3 Å². The largest absolute Gasteiger partial charge is 0.342 e. The molecule has 3 heterocycles. The Morgan fingerprint density at radius 1 is 1.23 bits per heavy atom. The number of thiophene rings is 1. The smallest absolute Gasteiger partial charge is 0.232 e. The number of carbonyl (C=O) groups excluding carboxylic acids is 1. The molecular formula is C20H27N3OS2. The summed E-state index contributed by atoms with van der Waals surface area (Å²) in [6.07, 6.45) is 8.31. The van der Waals surface area contributed by atoms with Crippen molar-refractivity contribution in [2.75, 3.05) is 18.8 Å². The molecule has 0 radical (unpaired) electrons. The third-order valence-corrected chi connectivity index (χ3v) is 7.63. The van der Waals surface area contributed by atoms with Gasteiger partial charge in [-0.3, -0.25) is 4.79 Å². The molecule has 140 valence electrons. The molecule has 2 aromatic rings. The van der Waals surface area contributed by atoms with Gasteiger partial charge in [-0.2, -0.15) is 0 Å². The number of aromatic nitrogens is 2. The van der Waals surface area contributed by atoms with Crippen LogP contribution in [0, 0.1) is 12.8 Å². The summed E-state index contributed by atoms with van der Waals surface area (Å²) in [7, 11) is 0. The Balaban J connectivity index is 1.57. The van der Waals surface area contributed by atoms with Crippen molar-refractivity contribution in [1.29, 1.82) is 0 Å². The van der Waals surface area contributed by atoms with Crippen molar-refractivity contribution < 1.29 is 4.79 Å². The van der Waals surface area contributed by atoms with Crippen molar-refractivity contribution in [3.05, 3.63) is 16.3 Å². The Kier molecular flexibility index (Phi) is 5.50. The predicted octanol–water partition coefficient (Wildman–Crippen LogP) is 4.62. The monoisotopic (exact) mass is 389 g/mol. The molecule has 0 N–H and O–H groups in total. The molecule has 1 unspecified atom stereocenters. The number of hydrogen-bond donors (Lipinski definition) is 0. The van der Waals surface area contributed by atoms with Crippen molar-refractivity contribution in [2.24, 2.45) is 5.92 Å². The number of amides is 1. The van der Waals surface area contributed by atoms with E-state index in [2.05, 4.69) is 11.8 Å². The van der Waals surface area contributed by atoms with Crippen LogP contribution in [0.3, 0.4) is 0 Å². The lowest BCUT2D eigenvalue weighted by molar-refractivity contribution is -0.128. The van der Waals surface area contributed by atoms with Crippen molar-refractivity contribution >= 4 is 39.2 Å². The van der Waals surface area contributed by atoms with Crippen LogP contribution in [0.2, 0.25) is 0 Å². The Bertz CT molecular complexity index is 809. The zero-order valence-corrected chi connectivity index (χ0v) is 17.3. The lowest BCUT2D eigenvalue weighted by Crippen LogP contribution is -2.33. The number of likely N-dealkylation sites (tertiary alicyclic amines) is 1. The van der Waals surface area contributed by atoms with Crippen molar-refractivity contribution in [1.82, 2.24) is 14.9 Å². The van der Waals surface area contributed by atoms with Crippen LogP contribution in [0.1, 0.15) is 55.3 Å². The van der Waals surface area contributed by atoms with E-state index in [0.29, 0.717) is 5.75 Å². The molecule has 2 aliphatic rings. The zero-order valence-electron chi connectivity index (χ0n) is 15.7. The van der Waals surface area contributed by atoms with Crippen LogP contribution >= 0.6 is 23.1 Å². The average molecular weight is 390 g/mol. The van der Waals surface area contributed by atoms with Crippen molar-refractivity contribution in [2.45, 2.75) is 63.8 Å². The summed E-state index contributed by atoms with van der Waals surface area (Å²) >= 11 is 3.45. The minimum Gasteiger partial charge on any atom is -0.342 e. The first-order chi connectivity index (χ1) is 12.6. The normalized spacial score (nSPS) is 20.8. The third-order valence-electron chi connectivity index (χ3n) is 5.52. The van der Waals surface area contributed by atoms with Gasteiger partial charge in [0.25, 0.3) is 0 Å². The second-order valence-corrected chi connectivity index (χ2v) is 9.74. The van der Waals surface area contributed by atoms with E-state index in [9.17, 15) is 4.79 Å². The maximum absolute atomic E-state index is 12.7. The fourth-order valence-corrected chi connectivity index (χ4v) is 6.55. The highest BCUT2D eigenvalue weighted by molar-refractivity contribution is 8.00. The van der Waals surface area contributed by atoms with E-state index in [-0.39, 0.29) is 5.91 Å². The molecule has 26 heavy (non-hydrogen) atoms. The van der Waals surface area contributed by atoms with Gasteiger partial charge < -0.3 is 4.90 Å². The quantitative estimate of drug-likeness (QED) is 0.568. The van der Waals surface area contributed by atoms with Gasteiger partial charge in [0, 0.05) is 23.4 Å². The molecule has 4 nitrogen and oxygen atoms in total. The highest BCUT2D eigenvalue weighted by Gasteiger charge is 2.24. The maximum atomic E-state index is 12.7. The summed E-state index contributed by atoms with van der Waals surface area (Å²) in [5.41, 5.74) is 1.45. The molecule has 6 heteroatoms. The number of aryl methyl sites for hydroxylation is 2. The highest BCUT2D eigenvalue weighted by atomic mass is 32.2. The number of fused-ring (bicyclic) bond motifs is 3. The first kappa shape index (κ1) is 18.2. The molecule has 1 fully saturated rings. The summed E-state index contributed by atoms with van der Waals surface area (Å²) in [4.78, 5) is 26.7. The van der Waals surface area contributed by atoms with E-state index in [1.54, 1.807) is 11.8 Å². The Hall–Kier alpha value is -1.14. The molecule has 0 saturated carbocycles. The molecule has 1 amide bonds. The Labute approximate surface area is 163 Å². The van der Waals surface area contributed by atoms with Crippen LogP contribution in [0.5, 0.6) is 0 Å². The Morgan fingerprint density at radius 2 is 2.00 bits per heavy atom. The molecule has 0 bridgehead atoms. The lowest BCUT2D eigenvalue weighted by atomic mass is 9.89. The van der Waals surface area contributed by atoms with Gasteiger partial charge in [0.2, 0.25) is 5.91 Å². The van der Waals surface area contributed by atoms with E-state index < -0.39 is 0 Å². The molecule has 0 aromatic carbocycles. The minimum absolute atomic E-state index is 0.263. The summed E-state index contributed by atoms with van der Waals surface area (Å²) in [5.74, 6) is 2.32. The molecule has 1 saturated heterocycles. The van der Waals surface area contributed by atoms with E-state index in [0.717, 1.165) is 60.4 Å². The first-order valence-corrected chi connectivity index (χ1v) is 11.6. The van der Waals surface area contributed by atoms with Gasteiger partial charge in [0.05, 0.1) is 5.75 Å². The van der Waals surface area contributed by atoms with E-state index in [1.165, 1.54) is 35.1 Å². The molecule has 1 aliphatic carbocycles. The van der Waals surface area contributed by atoms with Crippen LogP contribution in [-0.2, 0) is 17.6 Å². The lowest BCUT2D eigenvalue weighted by Gasteiger charge is -2.20. The van der Waals surface area contributed by atoms with Crippen LogP contribution in [-0.4, -0.2) is 39.6 Å². The number of hydrogen-bond acceptors (Lipinski definition) is 5. The fourth-order valence-electron chi connectivity index (χ4n) is 4.06. The average Bonchev–Trinajstić information content (AvgIpc) is 2.80. The predicted molar refractivity (Wildman–Crippen MR) is 109 cm³/mol. The highest BCUT2D eigenvalue weighted by Crippen LogP contribution is 2.40. The minimum atomic E-state index is 0.263. The number of nitrogens with zero attached hydrogens (tertiary/aromatic N) is 3. The molecule has 1 atom stereocenters. The SMILES string of the molecule is Cc1nc(SCC(=O)N2CCCCCC2)c2c3c(sc2n1)CC(C)CC3. The van der Waals surface area contributed by atoms with Crippen LogP contribution in [0.4, 0.5) is 0 Å². The van der Waals surface area contributed by atoms with Gasteiger partial charge >= 0.3 is 0 Å². The van der Waals surface area contributed by atoms with Crippen LogP contribution in [0.15, 0.2) is 5.03 Å². The molecular weight excluding hydrogens is 362 g/mol. The summed E-state index contributed by atoms with van der Waals surface area (Å²) in [5, 5.41) is 2.25. The summed E-state index contributed by atoms with van der Waals surface area (Å²) in [6, 6.07) is 0. The number of carbonyl (C=O) groups is 1. The van der Waals surface area contributed by atoms with Gasteiger partial charge in [-0.25, -0.2) is 9.97 Å². The van der Waals surface area contributed by atoms with Crippen LogP contribution in [0.25, 0.3) is 10.2 Å². The van der Waals surface area contributed by atoms with Gasteiger partial charge in [-0.1, -0.05) is 31.5 Å². The summed E-state index contributed by atoms with van der Waals surface area (Å²) < 4.78 is 0. The second kappa shape index (κ2) is 7.85. The van der Waals surface area contributed by atoms with Crippen molar-refractivity contribution in [3.63, 3.8) is 0 Å². The topological polar surface area (TPSA) is 46.1 Å². The van der Waals surface area contributed by atoms with E-state index >= 15 is 0 Å². The van der Waals surface area contributed by atoms with Gasteiger partial charge in [-0.15, -0.1) is 11.3 Å². The fraction of sp³-hybridized carbons (Fsp3) is 0.650. The van der Waals surface area contributed by atoms with Gasteiger partial charge in [-0.05, 0) is 50.5 Å². The zero-order chi connectivity index (χ0) is 18.1. The molecule has 0 spiro atoms. The third kappa shape index (κ3) is 3.77. The van der Waals surface area contributed by atoms with Gasteiger partial charge in [0.1, 0.15) is 15.7 Å². The van der Waals surface area contributed by atoms with Gasteiger partial charge in [0.15, 0.2) is 0 Å². The van der Waals surface area contributed by atoms with Crippen molar-refractivity contribution in [3.8, 4) is 0 Å². The molecule has 2 aromatic heterocycles. The number of rotatable bonds is 3. The molecule has 1 aliphatic heterocycles. The molecule has 4 rings (SSSR count). The summed E-state index contributed by atoms with van der Waals surface area (Å²) in [6.45, 7) is 6.13. The first-order valence-electron chi connectivity index (χ1n) is 9.81.